The van der Waals surface area contributed by atoms with Crippen molar-refractivity contribution in [3.63, 3.8) is 0 Å². The molecule has 0 saturated carbocycles. The Morgan fingerprint density at radius 3 is 1.80 bits per heavy atom. The van der Waals surface area contributed by atoms with E-state index in [0.29, 0.717) is 0 Å². The number of nitrogens with one attached hydrogen (secondary N) is 1. The molecule has 0 bridgehead atoms. The highest BCUT2D eigenvalue weighted by atomic mass is 16.2. The number of nitrogens with zero attached hydrogens (tertiary/aromatic N) is 1. The maximum atomic E-state index is 12.9. The van der Waals surface area contributed by atoms with E-state index in [1.807, 2.05) is 6.07 Å². The normalized spacial score (nSPS) is 12.7. The van der Waals surface area contributed by atoms with Crippen LogP contribution in [0.25, 0.3) is 0 Å². The molecule has 0 aromatic heterocycles. The third kappa shape index (κ3) is 11.7. The number of amides is 1. The molecule has 0 aliphatic carbocycles. The Morgan fingerprint density at radius 2 is 1.30 bits per heavy atom. The number of hydrogen-bond donors (Lipinski definition) is 1. The highest BCUT2D eigenvalue weighted by Gasteiger charge is 2.33. The van der Waals surface area contributed by atoms with Crippen LogP contribution >= 0.6 is 0 Å². The van der Waals surface area contributed by atoms with Crippen molar-refractivity contribution in [2.75, 3.05) is 27.2 Å². The number of benzene rings is 1. The van der Waals surface area contributed by atoms with Gasteiger partial charge in [-0.15, -0.1) is 0 Å². The summed E-state index contributed by atoms with van der Waals surface area (Å²) in [5.74, 6) is 0.203. The molecule has 0 saturated heterocycles. The van der Waals surface area contributed by atoms with E-state index in [2.05, 4.69) is 57.5 Å². The van der Waals surface area contributed by atoms with Crippen LogP contribution in [0.4, 0.5) is 0 Å². The zero-order valence-corrected chi connectivity index (χ0v) is 20.4. The van der Waals surface area contributed by atoms with Crippen LogP contribution in [0.2, 0.25) is 0 Å². The second-order valence-electron chi connectivity index (χ2n) is 9.48. The largest absolute Gasteiger partial charge is 0.351 e. The topological polar surface area (TPSA) is 29.1 Å². The van der Waals surface area contributed by atoms with Crippen molar-refractivity contribution < 1.29 is 9.28 Å². The van der Waals surface area contributed by atoms with Crippen LogP contribution in [-0.2, 0) is 11.2 Å². The smallest absolute Gasteiger partial charge is 0.278 e. The fraction of sp³-hybridized carbons (Fsp3) is 0.741. The van der Waals surface area contributed by atoms with Gasteiger partial charge in [0.15, 0.2) is 6.04 Å². The first-order valence-electron chi connectivity index (χ1n) is 12.7. The molecule has 172 valence electrons. The Morgan fingerprint density at radius 1 is 0.800 bits per heavy atom. The summed E-state index contributed by atoms with van der Waals surface area (Å²) >= 11 is 0. The molecule has 30 heavy (non-hydrogen) atoms. The average Bonchev–Trinajstić information content (AvgIpc) is 2.75. The van der Waals surface area contributed by atoms with Gasteiger partial charge in [-0.1, -0.05) is 108 Å². The van der Waals surface area contributed by atoms with Gasteiger partial charge in [0.05, 0.1) is 20.6 Å². The van der Waals surface area contributed by atoms with E-state index in [1.165, 1.54) is 76.2 Å². The first-order valence-corrected chi connectivity index (χ1v) is 12.7. The Kier molecular flexibility index (Phi) is 14.5. The van der Waals surface area contributed by atoms with E-state index >= 15 is 0 Å². The van der Waals surface area contributed by atoms with Gasteiger partial charge in [0.1, 0.15) is 0 Å². The molecule has 0 spiro atoms. The molecule has 1 N–H and O–H groups in total. The van der Waals surface area contributed by atoms with E-state index in [4.69, 9.17) is 0 Å². The lowest BCUT2D eigenvalue weighted by atomic mass is 10.0. The third-order valence-corrected chi connectivity index (χ3v) is 6.56. The standard InChI is InChI=1S/C27H48N2O/c1-5-7-8-9-10-11-12-13-14-15-16-20-23-28-27(30)26(29(3,4)6-2)24-25-21-18-17-19-22-25/h17-19,21-22,26H,5-16,20,23-24H2,1-4H3/p+1/t26-/m0/s1. The Balaban J connectivity index is 2.17. The summed E-state index contributed by atoms with van der Waals surface area (Å²) in [6, 6.07) is 10.4. The molecule has 1 aromatic carbocycles. The molecule has 0 aliphatic rings. The molecule has 1 atom stereocenters. The van der Waals surface area contributed by atoms with Gasteiger partial charge >= 0.3 is 0 Å². The maximum absolute atomic E-state index is 12.9. The number of carbonyl (C=O) groups excluding carboxylic acids is 1. The van der Waals surface area contributed by atoms with Gasteiger partial charge in [-0.3, -0.25) is 4.79 Å². The van der Waals surface area contributed by atoms with Gasteiger partial charge < -0.3 is 9.80 Å². The highest BCUT2D eigenvalue weighted by Crippen LogP contribution is 2.15. The van der Waals surface area contributed by atoms with Crippen LogP contribution < -0.4 is 5.32 Å². The fourth-order valence-corrected chi connectivity index (χ4v) is 4.01. The Bertz CT molecular complexity index is 541. The summed E-state index contributed by atoms with van der Waals surface area (Å²) < 4.78 is 0.721. The zero-order valence-electron chi connectivity index (χ0n) is 20.4. The number of rotatable bonds is 18. The summed E-state index contributed by atoms with van der Waals surface area (Å²) in [5.41, 5.74) is 1.24. The van der Waals surface area contributed by atoms with Crippen molar-refractivity contribution in [2.24, 2.45) is 0 Å². The zero-order chi connectivity index (χ0) is 22.1. The number of hydrogen-bond acceptors (Lipinski definition) is 1. The van der Waals surface area contributed by atoms with Crippen molar-refractivity contribution in [2.45, 2.75) is 103 Å². The molecule has 3 nitrogen and oxygen atoms in total. The fourth-order valence-electron chi connectivity index (χ4n) is 4.01. The highest BCUT2D eigenvalue weighted by molar-refractivity contribution is 5.81. The Hall–Kier alpha value is -1.35. The predicted molar refractivity (Wildman–Crippen MR) is 131 cm³/mol. The van der Waals surface area contributed by atoms with Crippen molar-refractivity contribution in [3.8, 4) is 0 Å². The summed E-state index contributed by atoms with van der Waals surface area (Å²) in [4.78, 5) is 12.9. The van der Waals surface area contributed by atoms with E-state index in [9.17, 15) is 4.79 Å². The predicted octanol–water partition coefficient (Wildman–Crippen LogP) is 6.51. The molecule has 0 radical (unpaired) electrons. The van der Waals surface area contributed by atoms with Crippen molar-refractivity contribution in [1.29, 1.82) is 0 Å². The van der Waals surface area contributed by atoms with Gasteiger partial charge in [-0.25, -0.2) is 0 Å². The molecule has 1 aromatic rings. The van der Waals surface area contributed by atoms with Gasteiger partial charge in [0, 0.05) is 13.0 Å². The lowest BCUT2D eigenvalue weighted by Gasteiger charge is -2.36. The molecule has 1 rings (SSSR count). The van der Waals surface area contributed by atoms with Crippen LogP contribution in [0, 0.1) is 0 Å². The molecule has 1 amide bonds. The monoisotopic (exact) mass is 417 g/mol. The number of quaternary nitrogens is 1. The summed E-state index contributed by atoms with van der Waals surface area (Å²) in [5, 5.41) is 3.22. The first kappa shape index (κ1) is 26.7. The minimum Gasteiger partial charge on any atom is -0.351 e. The average molecular weight is 418 g/mol. The van der Waals surface area contributed by atoms with Crippen molar-refractivity contribution in [1.82, 2.24) is 5.32 Å². The van der Waals surface area contributed by atoms with E-state index in [1.54, 1.807) is 0 Å². The molecular weight excluding hydrogens is 368 g/mol. The quantitative estimate of drug-likeness (QED) is 0.214. The number of carbonyl (C=O) groups is 1. The molecular formula is C27H49N2O+. The SMILES string of the molecule is CCCCCCCCCCCCCCNC(=O)[C@H](Cc1ccccc1)[N+](C)(C)CC. The lowest BCUT2D eigenvalue weighted by molar-refractivity contribution is -0.904. The minimum absolute atomic E-state index is 0.0327. The second-order valence-corrected chi connectivity index (χ2v) is 9.48. The summed E-state index contributed by atoms with van der Waals surface area (Å²) in [6.45, 7) is 6.20. The third-order valence-electron chi connectivity index (χ3n) is 6.56. The van der Waals surface area contributed by atoms with Gasteiger partial charge in [-0.05, 0) is 18.9 Å². The molecule has 0 aliphatic heterocycles. The number of likely N-dealkylation sites (N-methyl/N-ethyl adjacent to an activating group) is 1. The molecule has 0 fully saturated rings. The summed E-state index contributed by atoms with van der Waals surface area (Å²) in [7, 11) is 4.33. The van der Waals surface area contributed by atoms with Crippen molar-refractivity contribution in [3.05, 3.63) is 35.9 Å². The van der Waals surface area contributed by atoms with E-state index in [0.717, 1.165) is 30.4 Å². The van der Waals surface area contributed by atoms with Gasteiger partial charge in [0.25, 0.3) is 5.91 Å². The van der Waals surface area contributed by atoms with Gasteiger partial charge in [-0.2, -0.15) is 0 Å². The maximum Gasteiger partial charge on any atom is 0.278 e. The molecule has 0 unspecified atom stereocenters. The minimum atomic E-state index is -0.0327. The Labute approximate surface area is 187 Å². The molecule has 0 heterocycles. The summed E-state index contributed by atoms with van der Waals surface area (Å²) in [6.07, 6.45) is 17.0. The van der Waals surface area contributed by atoms with Crippen LogP contribution in [0.15, 0.2) is 30.3 Å². The van der Waals surface area contributed by atoms with Crippen LogP contribution in [-0.4, -0.2) is 43.6 Å². The first-order chi connectivity index (χ1) is 14.5. The van der Waals surface area contributed by atoms with Crippen LogP contribution in [0.1, 0.15) is 96.5 Å². The van der Waals surface area contributed by atoms with Crippen LogP contribution in [0.3, 0.4) is 0 Å². The second kappa shape index (κ2) is 16.4. The lowest BCUT2D eigenvalue weighted by Crippen LogP contribution is -2.57. The molecule has 3 heteroatoms. The van der Waals surface area contributed by atoms with E-state index in [-0.39, 0.29) is 11.9 Å². The van der Waals surface area contributed by atoms with Crippen LogP contribution in [0.5, 0.6) is 0 Å². The van der Waals surface area contributed by atoms with E-state index < -0.39 is 0 Å². The van der Waals surface area contributed by atoms with Gasteiger partial charge in [0.2, 0.25) is 0 Å². The number of unbranched alkanes of at least 4 members (excludes halogenated alkanes) is 11. The van der Waals surface area contributed by atoms with Crippen molar-refractivity contribution >= 4 is 5.91 Å².